The molecule has 0 aliphatic carbocycles. The average molecular weight is 246 g/mol. The van der Waals surface area contributed by atoms with Crippen LogP contribution in [0.1, 0.15) is 31.7 Å². The number of hydrogen-bond acceptors (Lipinski definition) is 2. The van der Waals surface area contributed by atoms with Gasteiger partial charge in [-0.25, -0.2) is 0 Å². The normalized spacial score (nSPS) is 22.5. The molecule has 0 bridgehead atoms. The summed E-state index contributed by atoms with van der Waals surface area (Å²) in [5.41, 5.74) is 1.22. The van der Waals surface area contributed by atoms with E-state index in [2.05, 4.69) is 31.2 Å². The van der Waals surface area contributed by atoms with Gasteiger partial charge in [0.25, 0.3) is 0 Å². The fraction of sp³-hybridized carbons (Fsp3) is 0.500. The zero-order chi connectivity index (χ0) is 12.6. The highest BCUT2D eigenvalue weighted by Crippen LogP contribution is 2.24. The van der Waals surface area contributed by atoms with Crippen LogP contribution in [-0.4, -0.2) is 18.8 Å². The molecule has 2 rings (SSSR count). The van der Waals surface area contributed by atoms with Gasteiger partial charge in [0.2, 0.25) is 0 Å². The van der Waals surface area contributed by atoms with Crippen LogP contribution in [0.25, 0.3) is 0 Å². The highest BCUT2D eigenvalue weighted by molar-refractivity contribution is 5.13. The van der Waals surface area contributed by atoms with Crippen molar-refractivity contribution in [1.82, 2.24) is 0 Å². The van der Waals surface area contributed by atoms with Gasteiger partial charge in [0.1, 0.15) is 12.2 Å². The third kappa shape index (κ3) is 4.63. The number of rotatable bonds is 8. The molecule has 1 fully saturated rings. The van der Waals surface area contributed by atoms with E-state index >= 15 is 0 Å². The van der Waals surface area contributed by atoms with Crippen LogP contribution in [0.5, 0.6) is 0 Å². The number of allylic oxidation sites excluding steroid dienone is 1. The first-order valence-corrected chi connectivity index (χ1v) is 6.84. The number of unbranched alkanes of at least 4 members (excludes halogenated alkanes) is 2. The van der Waals surface area contributed by atoms with E-state index < -0.39 is 0 Å². The predicted molar refractivity (Wildman–Crippen MR) is 73.4 cm³/mol. The summed E-state index contributed by atoms with van der Waals surface area (Å²) in [6.45, 7) is 3.58. The molecule has 0 aromatic heterocycles. The standard InChI is InChI=1S/C16H22O2/c1-2-3-4-8-11-15-16(18-15)13-17-12-14-9-6-5-7-10-14/h5-11,15-16H,2-4,12-13H2,1H3/b11-8-. The lowest BCUT2D eigenvalue weighted by Gasteiger charge is -2.01. The topological polar surface area (TPSA) is 21.8 Å². The molecule has 2 unspecified atom stereocenters. The molecule has 0 N–H and O–H groups in total. The zero-order valence-corrected chi connectivity index (χ0v) is 11.0. The molecule has 1 aliphatic rings. The Bertz CT molecular complexity index is 359. The molecule has 0 amide bonds. The van der Waals surface area contributed by atoms with Gasteiger partial charge in [-0.05, 0) is 12.0 Å². The van der Waals surface area contributed by atoms with Crippen LogP contribution in [0, 0.1) is 0 Å². The molecule has 1 aliphatic heterocycles. The molecular weight excluding hydrogens is 224 g/mol. The van der Waals surface area contributed by atoms with E-state index in [1.165, 1.54) is 18.4 Å². The Hall–Kier alpha value is -1.12. The Balaban J connectivity index is 1.55. The summed E-state index contributed by atoms with van der Waals surface area (Å²) >= 11 is 0. The number of ether oxygens (including phenoxy) is 2. The van der Waals surface area contributed by atoms with Crippen molar-refractivity contribution in [3.63, 3.8) is 0 Å². The summed E-state index contributed by atoms with van der Waals surface area (Å²) in [6.07, 6.45) is 8.63. The van der Waals surface area contributed by atoms with Gasteiger partial charge in [-0.3, -0.25) is 0 Å². The molecule has 0 radical (unpaired) electrons. The van der Waals surface area contributed by atoms with Crippen molar-refractivity contribution < 1.29 is 9.47 Å². The molecular formula is C16H22O2. The van der Waals surface area contributed by atoms with Crippen molar-refractivity contribution >= 4 is 0 Å². The molecule has 98 valence electrons. The van der Waals surface area contributed by atoms with Crippen LogP contribution >= 0.6 is 0 Å². The Kier molecular flexibility index (Phi) is 5.43. The third-order valence-electron chi connectivity index (χ3n) is 3.07. The predicted octanol–water partition coefficient (Wildman–Crippen LogP) is 3.72. The van der Waals surface area contributed by atoms with Gasteiger partial charge in [-0.1, -0.05) is 62.2 Å². The minimum absolute atomic E-state index is 0.270. The second-order valence-electron chi connectivity index (χ2n) is 4.71. The highest BCUT2D eigenvalue weighted by Gasteiger charge is 2.36. The van der Waals surface area contributed by atoms with Crippen molar-refractivity contribution in [2.45, 2.75) is 45.0 Å². The molecule has 1 aromatic rings. The van der Waals surface area contributed by atoms with Crippen molar-refractivity contribution in [3.8, 4) is 0 Å². The van der Waals surface area contributed by atoms with E-state index in [9.17, 15) is 0 Å². The summed E-state index contributed by atoms with van der Waals surface area (Å²) in [7, 11) is 0. The Morgan fingerprint density at radius 1 is 1.28 bits per heavy atom. The van der Waals surface area contributed by atoms with Crippen molar-refractivity contribution in [2.75, 3.05) is 6.61 Å². The second-order valence-corrected chi connectivity index (χ2v) is 4.71. The lowest BCUT2D eigenvalue weighted by atomic mass is 10.2. The van der Waals surface area contributed by atoms with E-state index in [-0.39, 0.29) is 12.2 Å². The summed E-state index contributed by atoms with van der Waals surface area (Å²) in [5, 5.41) is 0. The van der Waals surface area contributed by atoms with E-state index in [1.54, 1.807) is 0 Å². The summed E-state index contributed by atoms with van der Waals surface area (Å²) < 4.78 is 11.2. The lowest BCUT2D eigenvalue weighted by molar-refractivity contribution is 0.104. The van der Waals surface area contributed by atoms with E-state index in [4.69, 9.17) is 9.47 Å². The van der Waals surface area contributed by atoms with Crippen LogP contribution < -0.4 is 0 Å². The summed E-state index contributed by atoms with van der Waals surface area (Å²) in [4.78, 5) is 0. The van der Waals surface area contributed by atoms with Crippen LogP contribution in [-0.2, 0) is 16.1 Å². The maximum Gasteiger partial charge on any atom is 0.111 e. The molecule has 2 heteroatoms. The van der Waals surface area contributed by atoms with E-state index in [0.29, 0.717) is 13.2 Å². The molecule has 0 saturated carbocycles. The molecule has 2 nitrogen and oxygen atoms in total. The number of hydrogen-bond donors (Lipinski definition) is 0. The summed E-state index contributed by atoms with van der Waals surface area (Å²) in [6, 6.07) is 10.2. The van der Waals surface area contributed by atoms with Gasteiger partial charge in [-0.2, -0.15) is 0 Å². The van der Waals surface area contributed by atoms with Gasteiger partial charge in [-0.15, -0.1) is 0 Å². The lowest BCUT2D eigenvalue weighted by Crippen LogP contribution is -2.03. The van der Waals surface area contributed by atoms with Gasteiger partial charge >= 0.3 is 0 Å². The number of benzene rings is 1. The molecule has 1 aromatic carbocycles. The quantitative estimate of drug-likeness (QED) is 0.396. The first-order chi connectivity index (χ1) is 8.90. The monoisotopic (exact) mass is 246 g/mol. The molecule has 0 spiro atoms. The smallest absolute Gasteiger partial charge is 0.111 e. The van der Waals surface area contributed by atoms with Crippen LogP contribution in [0.15, 0.2) is 42.5 Å². The molecule has 1 heterocycles. The Morgan fingerprint density at radius 3 is 2.89 bits per heavy atom. The zero-order valence-electron chi connectivity index (χ0n) is 11.0. The first kappa shape index (κ1) is 13.3. The fourth-order valence-electron chi connectivity index (χ4n) is 1.88. The van der Waals surface area contributed by atoms with Crippen molar-refractivity contribution in [3.05, 3.63) is 48.0 Å². The molecule has 2 atom stereocenters. The van der Waals surface area contributed by atoms with Crippen molar-refractivity contribution in [2.24, 2.45) is 0 Å². The Labute approximate surface area is 110 Å². The summed E-state index contributed by atoms with van der Waals surface area (Å²) in [5.74, 6) is 0. The van der Waals surface area contributed by atoms with Gasteiger partial charge < -0.3 is 9.47 Å². The minimum Gasteiger partial charge on any atom is -0.374 e. The largest absolute Gasteiger partial charge is 0.374 e. The second kappa shape index (κ2) is 7.34. The average Bonchev–Trinajstić information content (AvgIpc) is 3.15. The fourth-order valence-corrected chi connectivity index (χ4v) is 1.88. The minimum atomic E-state index is 0.270. The van der Waals surface area contributed by atoms with Crippen molar-refractivity contribution in [1.29, 1.82) is 0 Å². The van der Waals surface area contributed by atoms with Gasteiger partial charge in [0.15, 0.2) is 0 Å². The molecule has 1 saturated heterocycles. The van der Waals surface area contributed by atoms with E-state index in [1.807, 2.05) is 18.2 Å². The number of epoxide rings is 1. The van der Waals surface area contributed by atoms with Crippen LogP contribution in [0.2, 0.25) is 0 Å². The SMILES string of the molecule is CCCC/C=C\C1OC1COCc1ccccc1. The van der Waals surface area contributed by atoms with Crippen LogP contribution in [0.4, 0.5) is 0 Å². The third-order valence-corrected chi connectivity index (χ3v) is 3.07. The maximum absolute atomic E-state index is 5.64. The van der Waals surface area contributed by atoms with Crippen LogP contribution in [0.3, 0.4) is 0 Å². The first-order valence-electron chi connectivity index (χ1n) is 6.84. The van der Waals surface area contributed by atoms with E-state index in [0.717, 1.165) is 6.42 Å². The Morgan fingerprint density at radius 2 is 2.11 bits per heavy atom. The highest BCUT2D eigenvalue weighted by atomic mass is 16.6. The van der Waals surface area contributed by atoms with Gasteiger partial charge in [0.05, 0.1) is 13.2 Å². The van der Waals surface area contributed by atoms with Gasteiger partial charge in [0, 0.05) is 0 Å². The molecule has 18 heavy (non-hydrogen) atoms. The maximum atomic E-state index is 5.64.